The molecule has 0 unspecified atom stereocenters. The van der Waals surface area contributed by atoms with Crippen molar-refractivity contribution < 1.29 is 14.3 Å². The summed E-state index contributed by atoms with van der Waals surface area (Å²) in [5.74, 6) is -0.0914. The fraction of sp³-hybridized carbons (Fsp3) is 0.500. The normalized spacial score (nSPS) is 18.0. The Balaban J connectivity index is 1.60. The molecule has 2 amide bonds. The van der Waals surface area contributed by atoms with E-state index in [1.165, 1.54) is 25.5 Å². The molecule has 1 fully saturated rings. The maximum absolute atomic E-state index is 12.6. The van der Waals surface area contributed by atoms with Crippen molar-refractivity contribution in [3.8, 4) is 0 Å². The summed E-state index contributed by atoms with van der Waals surface area (Å²) in [5.41, 5.74) is 2.00. The lowest BCUT2D eigenvalue weighted by molar-refractivity contribution is -0.113. The number of ether oxygens (including phenoxy) is 1. The van der Waals surface area contributed by atoms with Gasteiger partial charge in [-0.2, -0.15) is 0 Å². The maximum atomic E-state index is 12.6. The van der Waals surface area contributed by atoms with Gasteiger partial charge in [-0.1, -0.05) is 19.3 Å². The highest BCUT2D eigenvalue weighted by Crippen LogP contribution is 2.23. The molecule has 0 bridgehead atoms. The molecule has 1 aromatic carbocycles. The van der Waals surface area contributed by atoms with Crippen LogP contribution in [0.25, 0.3) is 0 Å². The van der Waals surface area contributed by atoms with E-state index < -0.39 is 0 Å². The lowest BCUT2D eigenvalue weighted by atomic mass is 9.94. The fourth-order valence-electron chi connectivity index (χ4n) is 3.48. The minimum atomic E-state index is -0.141. The van der Waals surface area contributed by atoms with E-state index in [0.717, 1.165) is 25.7 Å². The Morgan fingerprint density at radius 1 is 1.08 bits per heavy atom. The smallest absolute Gasteiger partial charge is 0.254 e. The summed E-state index contributed by atoms with van der Waals surface area (Å²) in [5, 5.41) is 2.86. The molecule has 5 nitrogen and oxygen atoms in total. The van der Waals surface area contributed by atoms with Crippen LogP contribution >= 0.6 is 0 Å². The first kappa shape index (κ1) is 17.5. The third-order valence-electron chi connectivity index (χ3n) is 5.06. The number of carbonyl (C=O) groups is 2. The molecule has 5 heteroatoms. The lowest BCUT2D eigenvalue weighted by Crippen LogP contribution is -2.38. The first-order valence-electron chi connectivity index (χ1n) is 9.14. The molecule has 0 atom stereocenters. The van der Waals surface area contributed by atoms with Crippen LogP contribution in [0.1, 0.15) is 55.3 Å². The lowest BCUT2D eigenvalue weighted by Gasteiger charge is -2.31. The molecule has 3 rings (SSSR count). The van der Waals surface area contributed by atoms with Gasteiger partial charge in [-0.25, -0.2) is 0 Å². The van der Waals surface area contributed by atoms with E-state index in [2.05, 4.69) is 5.32 Å². The molecule has 1 heterocycles. The van der Waals surface area contributed by atoms with Gasteiger partial charge in [0.25, 0.3) is 11.8 Å². The monoisotopic (exact) mass is 342 g/mol. The van der Waals surface area contributed by atoms with E-state index in [0.29, 0.717) is 29.5 Å². The molecule has 0 radical (unpaired) electrons. The van der Waals surface area contributed by atoms with E-state index in [9.17, 15) is 9.59 Å². The number of benzene rings is 1. The van der Waals surface area contributed by atoms with Crippen LogP contribution in [-0.2, 0) is 9.53 Å². The summed E-state index contributed by atoms with van der Waals surface area (Å²) in [6, 6.07) is 7.47. The summed E-state index contributed by atoms with van der Waals surface area (Å²) < 4.78 is 5.20. The number of amides is 2. The van der Waals surface area contributed by atoms with Crippen molar-refractivity contribution >= 4 is 17.5 Å². The van der Waals surface area contributed by atoms with Gasteiger partial charge in [-0.05, 0) is 49.9 Å². The zero-order chi connectivity index (χ0) is 17.6. The molecule has 1 aromatic rings. The average Bonchev–Trinajstić information content (AvgIpc) is 2.69. The van der Waals surface area contributed by atoms with Gasteiger partial charge in [0.05, 0.1) is 18.4 Å². The molecule has 1 N–H and O–H groups in total. The highest BCUT2D eigenvalue weighted by Gasteiger charge is 2.23. The average molecular weight is 342 g/mol. The van der Waals surface area contributed by atoms with Crippen LogP contribution in [0, 0.1) is 0 Å². The molecular weight excluding hydrogens is 316 g/mol. The van der Waals surface area contributed by atoms with Gasteiger partial charge in [0.2, 0.25) is 0 Å². The minimum Gasteiger partial charge on any atom is -0.501 e. The Labute approximate surface area is 149 Å². The fourth-order valence-corrected chi connectivity index (χ4v) is 3.48. The van der Waals surface area contributed by atoms with Gasteiger partial charge >= 0.3 is 0 Å². The molecular formula is C20H26N2O3. The van der Waals surface area contributed by atoms with E-state index in [-0.39, 0.29) is 11.8 Å². The highest BCUT2D eigenvalue weighted by molar-refractivity contribution is 6.04. The second kappa shape index (κ2) is 8.19. The second-order valence-corrected chi connectivity index (χ2v) is 6.86. The van der Waals surface area contributed by atoms with Crippen molar-refractivity contribution in [2.24, 2.45) is 0 Å². The van der Waals surface area contributed by atoms with Crippen LogP contribution < -0.4 is 5.32 Å². The van der Waals surface area contributed by atoms with E-state index in [1.54, 1.807) is 24.3 Å². The molecule has 1 aliphatic carbocycles. The van der Waals surface area contributed by atoms with Gasteiger partial charge in [0.1, 0.15) is 0 Å². The Morgan fingerprint density at radius 2 is 1.80 bits per heavy atom. The summed E-state index contributed by atoms with van der Waals surface area (Å²) in [4.78, 5) is 26.7. The Kier molecular flexibility index (Phi) is 5.74. The van der Waals surface area contributed by atoms with E-state index in [4.69, 9.17) is 4.74 Å². The topological polar surface area (TPSA) is 58.6 Å². The number of nitrogens with one attached hydrogen (secondary N) is 1. The number of rotatable bonds is 4. The van der Waals surface area contributed by atoms with E-state index >= 15 is 0 Å². The molecule has 2 aliphatic rings. The molecule has 0 saturated heterocycles. The van der Waals surface area contributed by atoms with Crippen LogP contribution in [-0.4, -0.2) is 36.4 Å². The van der Waals surface area contributed by atoms with Gasteiger partial charge in [0, 0.05) is 24.3 Å². The molecule has 0 aromatic heterocycles. The van der Waals surface area contributed by atoms with Gasteiger partial charge < -0.3 is 15.0 Å². The largest absolute Gasteiger partial charge is 0.501 e. The van der Waals surface area contributed by atoms with Crippen LogP contribution in [0.5, 0.6) is 0 Å². The minimum absolute atomic E-state index is 0.0492. The Bertz CT molecular complexity index is 645. The van der Waals surface area contributed by atoms with Gasteiger partial charge in [-0.15, -0.1) is 0 Å². The second-order valence-electron chi connectivity index (χ2n) is 6.86. The predicted octanol–water partition coefficient (Wildman–Crippen LogP) is 3.72. The number of anilines is 1. The first-order chi connectivity index (χ1) is 12.1. The predicted molar refractivity (Wildman–Crippen MR) is 97.3 cm³/mol. The Hall–Kier alpha value is -2.30. The molecule has 25 heavy (non-hydrogen) atoms. The van der Waals surface area contributed by atoms with Crippen molar-refractivity contribution in [2.75, 3.05) is 19.0 Å². The molecule has 1 saturated carbocycles. The van der Waals surface area contributed by atoms with Crippen molar-refractivity contribution in [1.82, 2.24) is 4.90 Å². The summed E-state index contributed by atoms with van der Waals surface area (Å²) in [6.45, 7) is 0.669. The molecule has 0 spiro atoms. The number of hydrogen-bond acceptors (Lipinski definition) is 3. The zero-order valence-electron chi connectivity index (χ0n) is 14.8. The van der Waals surface area contributed by atoms with Gasteiger partial charge in [-0.3, -0.25) is 9.59 Å². The summed E-state index contributed by atoms with van der Waals surface area (Å²) in [6.07, 6.45) is 8.99. The van der Waals surface area contributed by atoms with Crippen molar-refractivity contribution in [2.45, 2.75) is 51.0 Å². The maximum Gasteiger partial charge on any atom is 0.254 e. The van der Waals surface area contributed by atoms with Crippen LogP contribution in [0.4, 0.5) is 5.69 Å². The SMILES string of the molecule is CN(C(=O)c1ccc(NC(=O)C2=COCCC2)cc1)C1CCCCC1. The summed E-state index contributed by atoms with van der Waals surface area (Å²) >= 11 is 0. The first-order valence-corrected chi connectivity index (χ1v) is 9.14. The highest BCUT2D eigenvalue weighted by atomic mass is 16.5. The summed E-state index contributed by atoms with van der Waals surface area (Å²) in [7, 11) is 1.89. The third-order valence-corrected chi connectivity index (χ3v) is 5.06. The number of nitrogens with zero attached hydrogens (tertiary/aromatic N) is 1. The molecule has 134 valence electrons. The van der Waals surface area contributed by atoms with Crippen molar-refractivity contribution in [3.63, 3.8) is 0 Å². The zero-order valence-corrected chi connectivity index (χ0v) is 14.8. The third kappa shape index (κ3) is 4.41. The molecule has 1 aliphatic heterocycles. The standard InChI is InChI=1S/C20H26N2O3/c1-22(18-7-3-2-4-8-18)20(24)15-9-11-17(12-10-15)21-19(23)16-6-5-13-25-14-16/h9-12,14,18H,2-8,13H2,1H3,(H,21,23). The number of hydrogen-bond donors (Lipinski definition) is 1. The van der Waals surface area contributed by atoms with Gasteiger partial charge in [0.15, 0.2) is 0 Å². The van der Waals surface area contributed by atoms with Crippen molar-refractivity contribution in [3.05, 3.63) is 41.7 Å². The van der Waals surface area contributed by atoms with Crippen molar-refractivity contribution in [1.29, 1.82) is 0 Å². The number of carbonyl (C=O) groups excluding carboxylic acids is 2. The van der Waals surface area contributed by atoms with Crippen LogP contribution in [0.3, 0.4) is 0 Å². The van der Waals surface area contributed by atoms with E-state index in [1.807, 2.05) is 11.9 Å². The van der Waals surface area contributed by atoms with Crippen LogP contribution in [0.15, 0.2) is 36.1 Å². The quantitative estimate of drug-likeness (QED) is 0.907. The van der Waals surface area contributed by atoms with Crippen LogP contribution in [0.2, 0.25) is 0 Å². The Morgan fingerprint density at radius 3 is 2.44 bits per heavy atom.